The average molecular weight is 209 g/mol. The van der Waals surface area contributed by atoms with Gasteiger partial charge in [0.25, 0.3) is 0 Å². The van der Waals surface area contributed by atoms with Crippen molar-refractivity contribution in [1.29, 1.82) is 0 Å². The van der Waals surface area contributed by atoms with Gasteiger partial charge < -0.3 is 10.1 Å². The number of para-hydroxylation sites is 1. The predicted octanol–water partition coefficient (Wildman–Crippen LogP) is 2.29. The molecular weight excluding hydrogens is 193 g/mol. The highest BCUT2D eigenvalue weighted by Gasteiger charge is 2.15. The summed E-state index contributed by atoms with van der Waals surface area (Å²) in [5.74, 6) is 0.689. The predicted molar refractivity (Wildman–Crippen MR) is 57.8 cm³/mol. The molecule has 82 valence electrons. The maximum atomic E-state index is 12.6. The lowest BCUT2D eigenvalue weighted by atomic mass is 10.1. The number of rotatable bonds is 3. The minimum Gasteiger partial charge on any atom is -0.489 e. The maximum absolute atomic E-state index is 12.6. The molecule has 2 nitrogen and oxygen atoms in total. The van der Waals surface area contributed by atoms with Gasteiger partial charge in [-0.05, 0) is 25.5 Å². The van der Waals surface area contributed by atoms with Crippen LogP contribution < -0.4 is 10.1 Å². The molecule has 1 atom stereocenters. The molecule has 0 radical (unpaired) electrons. The monoisotopic (exact) mass is 209 g/mol. The van der Waals surface area contributed by atoms with Crippen LogP contribution in [0.15, 0.2) is 24.3 Å². The van der Waals surface area contributed by atoms with Gasteiger partial charge in [0.05, 0.1) is 0 Å². The van der Waals surface area contributed by atoms with E-state index in [1.165, 1.54) is 0 Å². The van der Waals surface area contributed by atoms with Gasteiger partial charge in [0.2, 0.25) is 0 Å². The Kier molecular flexibility index (Phi) is 3.56. The second-order valence-corrected chi connectivity index (χ2v) is 3.83. The van der Waals surface area contributed by atoms with Crippen LogP contribution in [0.1, 0.15) is 18.4 Å². The summed E-state index contributed by atoms with van der Waals surface area (Å²) in [7, 11) is 0. The number of alkyl halides is 1. The Morgan fingerprint density at radius 2 is 2.27 bits per heavy atom. The van der Waals surface area contributed by atoms with Crippen molar-refractivity contribution >= 4 is 0 Å². The van der Waals surface area contributed by atoms with Crippen LogP contribution in [0.25, 0.3) is 0 Å². The molecule has 0 aliphatic carbocycles. The smallest absolute Gasteiger partial charge is 0.125 e. The van der Waals surface area contributed by atoms with Crippen LogP contribution in [-0.2, 0) is 6.67 Å². The third-order valence-electron chi connectivity index (χ3n) is 2.66. The molecule has 1 aliphatic rings. The molecule has 0 aromatic heterocycles. The second kappa shape index (κ2) is 5.12. The molecule has 0 saturated carbocycles. The van der Waals surface area contributed by atoms with E-state index in [2.05, 4.69) is 5.32 Å². The number of hydrogen-bond acceptors (Lipinski definition) is 2. The van der Waals surface area contributed by atoms with Crippen molar-refractivity contribution in [2.24, 2.45) is 0 Å². The van der Waals surface area contributed by atoms with E-state index in [0.29, 0.717) is 11.3 Å². The number of ether oxygens (including phenoxy) is 1. The molecule has 1 aliphatic heterocycles. The SMILES string of the molecule is FCc1ccccc1OC1CCCNC1. The Balaban J connectivity index is 2.02. The fourth-order valence-electron chi connectivity index (χ4n) is 1.83. The van der Waals surface area contributed by atoms with E-state index in [9.17, 15) is 4.39 Å². The van der Waals surface area contributed by atoms with Crippen molar-refractivity contribution in [3.63, 3.8) is 0 Å². The van der Waals surface area contributed by atoms with Crippen molar-refractivity contribution in [2.45, 2.75) is 25.6 Å². The third-order valence-corrected chi connectivity index (χ3v) is 2.66. The third kappa shape index (κ3) is 2.69. The Morgan fingerprint density at radius 1 is 1.40 bits per heavy atom. The van der Waals surface area contributed by atoms with Crippen molar-refractivity contribution in [3.8, 4) is 5.75 Å². The minimum atomic E-state index is -0.462. The fourth-order valence-corrected chi connectivity index (χ4v) is 1.83. The second-order valence-electron chi connectivity index (χ2n) is 3.83. The summed E-state index contributed by atoms with van der Waals surface area (Å²) in [4.78, 5) is 0. The first-order chi connectivity index (χ1) is 7.40. The van der Waals surface area contributed by atoms with E-state index in [-0.39, 0.29) is 6.10 Å². The molecule has 1 unspecified atom stereocenters. The summed E-state index contributed by atoms with van der Waals surface area (Å²) in [5, 5.41) is 3.27. The van der Waals surface area contributed by atoms with Gasteiger partial charge in [0, 0.05) is 12.1 Å². The molecule has 1 N–H and O–H groups in total. The largest absolute Gasteiger partial charge is 0.489 e. The normalized spacial score (nSPS) is 21.3. The zero-order chi connectivity index (χ0) is 10.5. The number of hydrogen-bond donors (Lipinski definition) is 1. The topological polar surface area (TPSA) is 21.3 Å². The standard InChI is InChI=1S/C12H16FNO/c13-8-10-4-1-2-6-12(10)15-11-5-3-7-14-9-11/h1-2,4,6,11,14H,3,5,7-9H2. The van der Waals surface area contributed by atoms with Crippen LogP contribution >= 0.6 is 0 Å². The summed E-state index contributed by atoms with van der Waals surface area (Å²) in [6, 6.07) is 7.32. The van der Waals surface area contributed by atoms with Gasteiger partial charge in [0.1, 0.15) is 18.5 Å². The molecule has 1 fully saturated rings. The fraction of sp³-hybridized carbons (Fsp3) is 0.500. The highest BCUT2D eigenvalue weighted by atomic mass is 19.1. The Labute approximate surface area is 89.4 Å². The molecule has 1 heterocycles. The molecular formula is C12H16FNO. The van der Waals surface area contributed by atoms with E-state index in [1.54, 1.807) is 6.07 Å². The lowest BCUT2D eigenvalue weighted by Gasteiger charge is -2.24. The van der Waals surface area contributed by atoms with E-state index in [0.717, 1.165) is 25.9 Å². The van der Waals surface area contributed by atoms with E-state index >= 15 is 0 Å². The molecule has 3 heteroatoms. The van der Waals surface area contributed by atoms with Gasteiger partial charge in [-0.25, -0.2) is 4.39 Å². The van der Waals surface area contributed by atoms with Crippen LogP contribution in [0.3, 0.4) is 0 Å². The average Bonchev–Trinajstić information content (AvgIpc) is 2.31. The van der Waals surface area contributed by atoms with Crippen molar-refractivity contribution in [1.82, 2.24) is 5.32 Å². The molecule has 0 spiro atoms. The summed E-state index contributed by atoms with van der Waals surface area (Å²) in [5.41, 5.74) is 0.642. The van der Waals surface area contributed by atoms with Crippen molar-refractivity contribution < 1.29 is 9.13 Å². The first kappa shape index (κ1) is 10.4. The van der Waals surface area contributed by atoms with Gasteiger partial charge in [-0.15, -0.1) is 0 Å². The Hall–Kier alpha value is -1.09. The van der Waals surface area contributed by atoms with Crippen LogP contribution in [0.5, 0.6) is 5.75 Å². The number of piperidine rings is 1. The van der Waals surface area contributed by atoms with Crippen molar-refractivity contribution in [2.75, 3.05) is 13.1 Å². The van der Waals surface area contributed by atoms with Crippen LogP contribution in [0, 0.1) is 0 Å². The van der Waals surface area contributed by atoms with Gasteiger partial charge >= 0.3 is 0 Å². The lowest BCUT2D eigenvalue weighted by Crippen LogP contribution is -2.37. The lowest BCUT2D eigenvalue weighted by molar-refractivity contribution is 0.164. The van der Waals surface area contributed by atoms with Gasteiger partial charge in [-0.1, -0.05) is 18.2 Å². The van der Waals surface area contributed by atoms with E-state index in [4.69, 9.17) is 4.74 Å². The Bertz CT molecular complexity index is 310. The number of benzene rings is 1. The van der Waals surface area contributed by atoms with Crippen molar-refractivity contribution in [3.05, 3.63) is 29.8 Å². The van der Waals surface area contributed by atoms with Crippen LogP contribution in [0.4, 0.5) is 4.39 Å². The first-order valence-corrected chi connectivity index (χ1v) is 5.41. The molecule has 1 aromatic rings. The van der Waals surface area contributed by atoms with Crippen LogP contribution in [-0.4, -0.2) is 19.2 Å². The zero-order valence-corrected chi connectivity index (χ0v) is 8.71. The van der Waals surface area contributed by atoms with E-state index in [1.807, 2.05) is 18.2 Å². The summed E-state index contributed by atoms with van der Waals surface area (Å²) >= 11 is 0. The number of halogens is 1. The first-order valence-electron chi connectivity index (χ1n) is 5.41. The van der Waals surface area contributed by atoms with E-state index < -0.39 is 6.67 Å². The molecule has 15 heavy (non-hydrogen) atoms. The maximum Gasteiger partial charge on any atom is 0.125 e. The quantitative estimate of drug-likeness (QED) is 0.824. The Morgan fingerprint density at radius 3 is 3.00 bits per heavy atom. The number of nitrogens with one attached hydrogen (secondary N) is 1. The summed E-state index contributed by atoms with van der Waals surface area (Å²) in [6.45, 7) is 1.46. The highest BCUT2D eigenvalue weighted by molar-refractivity contribution is 5.32. The van der Waals surface area contributed by atoms with Crippen LogP contribution in [0.2, 0.25) is 0 Å². The highest BCUT2D eigenvalue weighted by Crippen LogP contribution is 2.21. The van der Waals surface area contributed by atoms with Gasteiger partial charge in [-0.2, -0.15) is 0 Å². The summed E-state index contributed by atoms with van der Waals surface area (Å²) in [6.07, 6.45) is 2.36. The molecule has 2 rings (SSSR count). The van der Waals surface area contributed by atoms with Gasteiger partial charge in [-0.3, -0.25) is 0 Å². The summed E-state index contributed by atoms with van der Waals surface area (Å²) < 4.78 is 18.4. The molecule has 0 bridgehead atoms. The molecule has 0 amide bonds. The minimum absolute atomic E-state index is 0.187. The molecule has 1 aromatic carbocycles. The zero-order valence-electron chi connectivity index (χ0n) is 8.71. The molecule has 1 saturated heterocycles. The van der Waals surface area contributed by atoms with Gasteiger partial charge in [0.15, 0.2) is 0 Å².